The third-order valence-electron chi connectivity index (χ3n) is 2.78. The molecule has 0 spiro atoms. The summed E-state index contributed by atoms with van der Waals surface area (Å²) in [5, 5.41) is 9.47. The van der Waals surface area contributed by atoms with Crippen molar-refractivity contribution in [1.82, 2.24) is 0 Å². The first-order chi connectivity index (χ1) is 8.29. The van der Waals surface area contributed by atoms with Gasteiger partial charge in [-0.15, -0.1) is 0 Å². The number of rotatable bonds is 4. The minimum atomic E-state index is 0.301. The van der Waals surface area contributed by atoms with Crippen molar-refractivity contribution in [3.63, 3.8) is 0 Å². The molecule has 3 N–H and O–H groups in total. The summed E-state index contributed by atoms with van der Waals surface area (Å²) in [7, 11) is 0. The quantitative estimate of drug-likeness (QED) is 0.843. The van der Waals surface area contributed by atoms with E-state index in [1.165, 1.54) is 5.56 Å². The van der Waals surface area contributed by atoms with Gasteiger partial charge in [0.05, 0.1) is 0 Å². The molecule has 2 rings (SSSR count). The summed E-state index contributed by atoms with van der Waals surface area (Å²) in [6.07, 6.45) is 2.01. The van der Waals surface area contributed by atoms with Crippen LogP contribution in [0.1, 0.15) is 12.0 Å². The van der Waals surface area contributed by atoms with E-state index in [4.69, 9.17) is 5.73 Å². The van der Waals surface area contributed by atoms with Crippen molar-refractivity contribution in [1.29, 1.82) is 0 Å². The van der Waals surface area contributed by atoms with Crippen LogP contribution in [0.4, 0.5) is 0 Å². The number of hydrogen-bond acceptors (Lipinski definition) is 2. The molecule has 0 amide bonds. The van der Waals surface area contributed by atoms with Gasteiger partial charge in [-0.2, -0.15) is 0 Å². The topological polar surface area (TPSA) is 46.2 Å². The highest BCUT2D eigenvalue weighted by molar-refractivity contribution is 5.65. The zero-order valence-electron chi connectivity index (χ0n) is 9.76. The van der Waals surface area contributed by atoms with Gasteiger partial charge < -0.3 is 10.8 Å². The van der Waals surface area contributed by atoms with E-state index in [0.29, 0.717) is 5.75 Å². The summed E-state index contributed by atoms with van der Waals surface area (Å²) >= 11 is 0. The second-order valence-electron chi connectivity index (χ2n) is 4.14. The van der Waals surface area contributed by atoms with Crippen LogP contribution in [0.3, 0.4) is 0 Å². The number of aromatic hydroxyl groups is 1. The molecule has 2 nitrogen and oxygen atoms in total. The zero-order chi connectivity index (χ0) is 12.1. The van der Waals surface area contributed by atoms with Gasteiger partial charge in [0.15, 0.2) is 0 Å². The van der Waals surface area contributed by atoms with Crippen molar-refractivity contribution >= 4 is 0 Å². The van der Waals surface area contributed by atoms with Gasteiger partial charge in [0, 0.05) is 0 Å². The lowest BCUT2D eigenvalue weighted by molar-refractivity contribution is 0.475. The molecule has 0 saturated carbocycles. The number of nitrogens with two attached hydrogens (primary N) is 1. The maximum Gasteiger partial charge on any atom is 0.116 e. The Morgan fingerprint density at radius 3 is 2.35 bits per heavy atom. The van der Waals surface area contributed by atoms with Crippen molar-refractivity contribution in [2.45, 2.75) is 12.8 Å². The molecule has 0 unspecified atom stereocenters. The molecule has 0 aliphatic carbocycles. The predicted molar refractivity (Wildman–Crippen MR) is 70.9 cm³/mol. The van der Waals surface area contributed by atoms with Crippen LogP contribution in [-0.4, -0.2) is 11.7 Å². The molecule has 0 atom stereocenters. The molecule has 0 aliphatic heterocycles. The monoisotopic (exact) mass is 227 g/mol. The molecule has 0 saturated heterocycles. The van der Waals surface area contributed by atoms with E-state index in [9.17, 15) is 5.11 Å². The lowest BCUT2D eigenvalue weighted by atomic mass is 10.0. The standard InChI is InChI=1S/C15H17NO/c16-9-3-5-12-4-1-6-13(10-12)14-7-2-8-15(17)11-14/h1-2,4,6-8,10-11,17H,3,5,9,16H2. The fourth-order valence-electron chi connectivity index (χ4n) is 1.90. The first-order valence-corrected chi connectivity index (χ1v) is 5.88. The summed E-state index contributed by atoms with van der Waals surface area (Å²) in [6.45, 7) is 0.719. The average molecular weight is 227 g/mol. The largest absolute Gasteiger partial charge is 0.508 e. The minimum Gasteiger partial charge on any atom is -0.508 e. The number of benzene rings is 2. The lowest BCUT2D eigenvalue weighted by Gasteiger charge is -2.05. The van der Waals surface area contributed by atoms with Gasteiger partial charge in [-0.25, -0.2) is 0 Å². The second kappa shape index (κ2) is 5.51. The molecule has 0 bridgehead atoms. The van der Waals surface area contributed by atoms with Gasteiger partial charge in [0.25, 0.3) is 0 Å². The molecular weight excluding hydrogens is 210 g/mol. The van der Waals surface area contributed by atoms with E-state index in [0.717, 1.165) is 30.5 Å². The normalized spacial score (nSPS) is 10.4. The highest BCUT2D eigenvalue weighted by Gasteiger charge is 2.00. The maximum atomic E-state index is 9.47. The SMILES string of the molecule is NCCCc1cccc(-c2cccc(O)c2)c1. The number of aryl methyl sites for hydroxylation is 1. The molecule has 0 aromatic heterocycles. The minimum absolute atomic E-state index is 0.301. The van der Waals surface area contributed by atoms with E-state index >= 15 is 0 Å². The van der Waals surface area contributed by atoms with Crippen LogP contribution in [0.25, 0.3) is 11.1 Å². The van der Waals surface area contributed by atoms with Crippen LogP contribution in [-0.2, 0) is 6.42 Å². The molecule has 0 radical (unpaired) electrons. The predicted octanol–water partition coefficient (Wildman–Crippen LogP) is 2.95. The van der Waals surface area contributed by atoms with Crippen LogP contribution in [0.5, 0.6) is 5.75 Å². The van der Waals surface area contributed by atoms with Crippen LogP contribution in [0.2, 0.25) is 0 Å². The van der Waals surface area contributed by atoms with Gasteiger partial charge in [-0.1, -0.05) is 36.4 Å². The van der Waals surface area contributed by atoms with Crippen LogP contribution in [0.15, 0.2) is 48.5 Å². The number of phenolic OH excluding ortho intramolecular Hbond substituents is 1. The fourth-order valence-corrected chi connectivity index (χ4v) is 1.90. The second-order valence-corrected chi connectivity index (χ2v) is 4.14. The number of hydrogen-bond donors (Lipinski definition) is 2. The molecule has 0 aliphatic rings. The van der Waals surface area contributed by atoms with Crippen molar-refractivity contribution in [3.05, 3.63) is 54.1 Å². The Balaban J connectivity index is 2.26. The van der Waals surface area contributed by atoms with E-state index < -0.39 is 0 Å². The van der Waals surface area contributed by atoms with Gasteiger partial charge in [0.1, 0.15) is 5.75 Å². The summed E-state index contributed by atoms with van der Waals surface area (Å²) in [5.41, 5.74) is 8.98. The Morgan fingerprint density at radius 1 is 0.941 bits per heavy atom. The molecule has 0 fully saturated rings. The fraction of sp³-hybridized carbons (Fsp3) is 0.200. The molecule has 2 heteroatoms. The van der Waals surface area contributed by atoms with Crippen LogP contribution >= 0.6 is 0 Å². The first kappa shape index (κ1) is 11.7. The summed E-state index contributed by atoms with van der Waals surface area (Å²) in [6, 6.07) is 15.7. The lowest BCUT2D eigenvalue weighted by Crippen LogP contribution is -2.00. The van der Waals surface area contributed by atoms with Gasteiger partial charge in [-0.05, 0) is 48.2 Å². The Hall–Kier alpha value is -1.80. The highest BCUT2D eigenvalue weighted by Crippen LogP contribution is 2.24. The van der Waals surface area contributed by atoms with Crippen molar-refractivity contribution < 1.29 is 5.11 Å². The van der Waals surface area contributed by atoms with Crippen LogP contribution < -0.4 is 5.73 Å². The molecule has 88 valence electrons. The van der Waals surface area contributed by atoms with E-state index in [-0.39, 0.29) is 0 Å². The van der Waals surface area contributed by atoms with Crippen molar-refractivity contribution in [3.8, 4) is 16.9 Å². The Morgan fingerprint density at radius 2 is 1.65 bits per heavy atom. The highest BCUT2D eigenvalue weighted by atomic mass is 16.3. The maximum absolute atomic E-state index is 9.47. The molecule has 2 aromatic rings. The Labute approximate surface area is 102 Å². The third kappa shape index (κ3) is 3.08. The van der Waals surface area contributed by atoms with Gasteiger partial charge in [-0.3, -0.25) is 0 Å². The Kier molecular flexibility index (Phi) is 3.78. The first-order valence-electron chi connectivity index (χ1n) is 5.88. The van der Waals surface area contributed by atoms with Crippen LogP contribution in [0, 0.1) is 0 Å². The third-order valence-corrected chi connectivity index (χ3v) is 2.78. The van der Waals surface area contributed by atoms with Crippen molar-refractivity contribution in [2.24, 2.45) is 5.73 Å². The molecular formula is C15H17NO. The van der Waals surface area contributed by atoms with E-state index in [1.54, 1.807) is 12.1 Å². The van der Waals surface area contributed by atoms with Gasteiger partial charge >= 0.3 is 0 Å². The summed E-state index contributed by atoms with van der Waals surface area (Å²) in [5.74, 6) is 0.301. The van der Waals surface area contributed by atoms with E-state index in [2.05, 4.69) is 18.2 Å². The average Bonchev–Trinajstić information content (AvgIpc) is 2.37. The molecule has 0 heterocycles. The zero-order valence-corrected chi connectivity index (χ0v) is 9.76. The van der Waals surface area contributed by atoms with Gasteiger partial charge in [0.2, 0.25) is 0 Å². The number of phenols is 1. The Bertz CT molecular complexity index is 494. The van der Waals surface area contributed by atoms with Crippen molar-refractivity contribution in [2.75, 3.05) is 6.54 Å². The smallest absolute Gasteiger partial charge is 0.116 e. The van der Waals surface area contributed by atoms with E-state index in [1.807, 2.05) is 18.2 Å². The molecule has 17 heavy (non-hydrogen) atoms. The molecule has 2 aromatic carbocycles. The summed E-state index contributed by atoms with van der Waals surface area (Å²) < 4.78 is 0. The summed E-state index contributed by atoms with van der Waals surface area (Å²) in [4.78, 5) is 0.